The van der Waals surface area contributed by atoms with Gasteiger partial charge in [0.05, 0.1) is 6.10 Å². The molecule has 0 spiro atoms. The minimum Gasteiger partial charge on any atom is -0.376 e. The molecule has 0 aromatic heterocycles. The molecule has 0 aromatic carbocycles. The van der Waals surface area contributed by atoms with E-state index in [-0.39, 0.29) is 23.3 Å². The Labute approximate surface area is 170 Å². The number of hydrogen-bond donors (Lipinski definition) is 1. The maximum atomic E-state index is 12.4. The van der Waals surface area contributed by atoms with Crippen LogP contribution in [0.25, 0.3) is 0 Å². The van der Waals surface area contributed by atoms with Crippen molar-refractivity contribution in [3.8, 4) is 0 Å². The number of ether oxygens (including phenoxy) is 1. The third kappa shape index (κ3) is 6.18. The molecule has 1 unspecified atom stereocenters. The number of piperidine rings is 2. The van der Waals surface area contributed by atoms with E-state index in [1.165, 1.54) is 0 Å². The molecule has 0 aromatic rings. The monoisotopic (exact) mass is 393 g/mol. The van der Waals surface area contributed by atoms with Gasteiger partial charge in [-0.05, 0) is 57.0 Å². The van der Waals surface area contributed by atoms with E-state index in [4.69, 9.17) is 4.74 Å². The molecule has 0 radical (unpaired) electrons. The van der Waals surface area contributed by atoms with Crippen LogP contribution in [-0.4, -0.2) is 73.1 Å². The number of amides is 2. The molecule has 3 fully saturated rings. The topological polar surface area (TPSA) is 61.9 Å². The first kappa shape index (κ1) is 21.6. The zero-order chi connectivity index (χ0) is 20.1. The molecule has 3 saturated heterocycles. The number of carbonyl (C=O) groups excluding carboxylic acids is 2. The van der Waals surface area contributed by atoms with Gasteiger partial charge >= 0.3 is 0 Å². The van der Waals surface area contributed by atoms with Gasteiger partial charge in [-0.25, -0.2) is 0 Å². The summed E-state index contributed by atoms with van der Waals surface area (Å²) in [6.07, 6.45) is 7.04. The SMILES string of the molecule is CC(C)(C)CC(=O)N1CCC(N2CCC(C(=O)NCC3CCCO3)CC2)CC1. The van der Waals surface area contributed by atoms with E-state index >= 15 is 0 Å². The van der Waals surface area contributed by atoms with Crippen molar-refractivity contribution in [1.29, 1.82) is 0 Å². The second-order valence-corrected chi connectivity index (χ2v) is 10.0. The molecular formula is C22H39N3O3. The van der Waals surface area contributed by atoms with Crippen molar-refractivity contribution in [2.24, 2.45) is 11.3 Å². The van der Waals surface area contributed by atoms with Crippen molar-refractivity contribution in [3.05, 3.63) is 0 Å². The van der Waals surface area contributed by atoms with E-state index in [2.05, 4.69) is 31.0 Å². The fraction of sp³-hybridized carbons (Fsp3) is 0.909. The van der Waals surface area contributed by atoms with Crippen molar-refractivity contribution in [3.63, 3.8) is 0 Å². The molecule has 28 heavy (non-hydrogen) atoms. The minimum atomic E-state index is 0.0558. The molecule has 6 heteroatoms. The summed E-state index contributed by atoms with van der Waals surface area (Å²) < 4.78 is 5.59. The molecular weight excluding hydrogens is 354 g/mol. The number of hydrogen-bond acceptors (Lipinski definition) is 4. The zero-order valence-electron chi connectivity index (χ0n) is 18.0. The number of rotatable bonds is 5. The Morgan fingerprint density at radius 3 is 2.25 bits per heavy atom. The largest absolute Gasteiger partial charge is 0.376 e. The van der Waals surface area contributed by atoms with Crippen LogP contribution in [0.2, 0.25) is 0 Å². The molecule has 1 N–H and O–H groups in total. The fourth-order valence-electron chi connectivity index (χ4n) is 4.74. The van der Waals surface area contributed by atoms with E-state index in [1.807, 2.05) is 4.90 Å². The standard InChI is InChI=1S/C22H39N3O3/c1-22(2,3)15-20(26)25-12-8-18(9-13-25)24-10-6-17(7-11-24)21(27)23-16-19-5-4-14-28-19/h17-19H,4-16H2,1-3H3,(H,23,27). The van der Waals surface area contributed by atoms with Crippen LogP contribution in [0.1, 0.15) is 65.7 Å². The second-order valence-electron chi connectivity index (χ2n) is 10.0. The van der Waals surface area contributed by atoms with Gasteiger partial charge in [-0.2, -0.15) is 0 Å². The summed E-state index contributed by atoms with van der Waals surface area (Å²) in [4.78, 5) is 29.5. The van der Waals surface area contributed by atoms with E-state index in [1.54, 1.807) is 0 Å². The van der Waals surface area contributed by atoms with Crippen molar-refractivity contribution in [2.45, 2.75) is 77.9 Å². The summed E-state index contributed by atoms with van der Waals surface area (Å²) in [7, 11) is 0. The van der Waals surface area contributed by atoms with E-state index in [0.717, 1.165) is 71.3 Å². The van der Waals surface area contributed by atoms with Crippen LogP contribution >= 0.6 is 0 Å². The lowest BCUT2D eigenvalue weighted by Gasteiger charge is -2.42. The van der Waals surface area contributed by atoms with E-state index in [9.17, 15) is 9.59 Å². The lowest BCUT2D eigenvalue weighted by atomic mass is 9.90. The molecule has 2 amide bonds. The van der Waals surface area contributed by atoms with Crippen LogP contribution in [0.15, 0.2) is 0 Å². The summed E-state index contributed by atoms with van der Waals surface area (Å²) >= 11 is 0. The third-order valence-electron chi connectivity index (χ3n) is 6.44. The van der Waals surface area contributed by atoms with Gasteiger partial charge in [-0.3, -0.25) is 9.59 Å². The zero-order valence-corrected chi connectivity index (χ0v) is 18.0. The average Bonchev–Trinajstić information content (AvgIpc) is 3.19. The highest BCUT2D eigenvalue weighted by Crippen LogP contribution is 2.26. The highest BCUT2D eigenvalue weighted by atomic mass is 16.5. The Bertz CT molecular complexity index is 524. The van der Waals surface area contributed by atoms with Crippen LogP contribution in [0.3, 0.4) is 0 Å². The van der Waals surface area contributed by atoms with Gasteiger partial charge in [0, 0.05) is 44.6 Å². The molecule has 6 nitrogen and oxygen atoms in total. The van der Waals surface area contributed by atoms with Crippen molar-refractivity contribution in [2.75, 3.05) is 39.3 Å². The Hall–Kier alpha value is -1.14. The normalized spacial score (nSPS) is 25.8. The van der Waals surface area contributed by atoms with Gasteiger partial charge in [-0.1, -0.05) is 20.8 Å². The molecule has 0 saturated carbocycles. The lowest BCUT2D eigenvalue weighted by Crippen LogP contribution is -2.50. The summed E-state index contributed by atoms with van der Waals surface area (Å²) in [5.41, 5.74) is 0.0558. The summed E-state index contributed by atoms with van der Waals surface area (Å²) in [5.74, 6) is 0.649. The lowest BCUT2D eigenvalue weighted by molar-refractivity contribution is -0.135. The average molecular weight is 394 g/mol. The minimum absolute atomic E-state index is 0.0558. The molecule has 0 aliphatic carbocycles. The summed E-state index contributed by atoms with van der Waals surface area (Å²) in [6, 6.07) is 0.564. The predicted molar refractivity (Wildman–Crippen MR) is 110 cm³/mol. The van der Waals surface area contributed by atoms with Gasteiger partial charge in [0.15, 0.2) is 0 Å². The number of nitrogens with zero attached hydrogens (tertiary/aromatic N) is 2. The van der Waals surface area contributed by atoms with Crippen LogP contribution in [0, 0.1) is 11.3 Å². The summed E-state index contributed by atoms with van der Waals surface area (Å²) in [5, 5.41) is 3.10. The first-order valence-electron chi connectivity index (χ1n) is 11.2. The van der Waals surface area contributed by atoms with E-state index < -0.39 is 0 Å². The molecule has 3 heterocycles. The maximum absolute atomic E-state index is 12.4. The Morgan fingerprint density at radius 1 is 1.00 bits per heavy atom. The van der Waals surface area contributed by atoms with E-state index in [0.29, 0.717) is 24.9 Å². The third-order valence-corrected chi connectivity index (χ3v) is 6.44. The summed E-state index contributed by atoms with van der Waals surface area (Å²) in [6.45, 7) is 11.6. The first-order valence-corrected chi connectivity index (χ1v) is 11.2. The van der Waals surface area contributed by atoms with Gasteiger partial charge < -0.3 is 19.9 Å². The maximum Gasteiger partial charge on any atom is 0.223 e. The highest BCUT2D eigenvalue weighted by molar-refractivity contribution is 5.78. The number of nitrogens with one attached hydrogen (secondary N) is 1. The second kappa shape index (κ2) is 9.57. The molecule has 1 atom stereocenters. The molecule has 0 bridgehead atoms. The van der Waals surface area contributed by atoms with Crippen molar-refractivity contribution in [1.82, 2.24) is 15.1 Å². The van der Waals surface area contributed by atoms with Crippen molar-refractivity contribution >= 4 is 11.8 Å². The van der Waals surface area contributed by atoms with Crippen LogP contribution < -0.4 is 5.32 Å². The Kier molecular flexibility index (Phi) is 7.37. The first-order chi connectivity index (χ1) is 13.3. The number of likely N-dealkylation sites (tertiary alicyclic amines) is 2. The molecule has 3 rings (SSSR count). The highest BCUT2D eigenvalue weighted by Gasteiger charge is 2.32. The van der Waals surface area contributed by atoms with Crippen LogP contribution in [0.5, 0.6) is 0 Å². The molecule has 160 valence electrons. The number of carbonyl (C=O) groups is 2. The van der Waals surface area contributed by atoms with Gasteiger partial charge in [-0.15, -0.1) is 0 Å². The quantitative estimate of drug-likeness (QED) is 0.779. The molecule has 3 aliphatic heterocycles. The fourth-order valence-corrected chi connectivity index (χ4v) is 4.74. The Morgan fingerprint density at radius 2 is 1.68 bits per heavy atom. The van der Waals surface area contributed by atoms with Gasteiger partial charge in [0.1, 0.15) is 0 Å². The van der Waals surface area contributed by atoms with Crippen LogP contribution in [-0.2, 0) is 14.3 Å². The van der Waals surface area contributed by atoms with Gasteiger partial charge in [0.2, 0.25) is 11.8 Å². The predicted octanol–water partition coefficient (Wildman–Crippen LogP) is 2.42. The van der Waals surface area contributed by atoms with Crippen LogP contribution in [0.4, 0.5) is 0 Å². The van der Waals surface area contributed by atoms with Crippen molar-refractivity contribution < 1.29 is 14.3 Å². The Balaban J connectivity index is 1.35. The smallest absolute Gasteiger partial charge is 0.223 e. The van der Waals surface area contributed by atoms with Gasteiger partial charge in [0.25, 0.3) is 0 Å². The molecule has 3 aliphatic rings.